The van der Waals surface area contributed by atoms with Gasteiger partial charge in [0.05, 0.1) is 5.52 Å². The summed E-state index contributed by atoms with van der Waals surface area (Å²) < 4.78 is 2.40. The van der Waals surface area contributed by atoms with E-state index in [0.29, 0.717) is 17.5 Å². The molecule has 0 radical (unpaired) electrons. The van der Waals surface area contributed by atoms with E-state index in [1.165, 1.54) is 22.2 Å². The van der Waals surface area contributed by atoms with Crippen LogP contribution in [0.4, 0.5) is 0 Å². The van der Waals surface area contributed by atoms with Crippen LogP contribution in [0.5, 0.6) is 0 Å². The van der Waals surface area contributed by atoms with E-state index in [-0.39, 0.29) is 0 Å². The lowest BCUT2D eigenvalue weighted by Gasteiger charge is -2.14. The van der Waals surface area contributed by atoms with Crippen molar-refractivity contribution >= 4 is 17.0 Å². The lowest BCUT2D eigenvalue weighted by Crippen LogP contribution is -2.03. The van der Waals surface area contributed by atoms with Gasteiger partial charge in [-0.05, 0) is 43.2 Å². The highest BCUT2D eigenvalue weighted by Crippen LogP contribution is 2.34. The van der Waals surface area contributed by atoms with Crippen molar-refractivity contribution in [2.75, 3.05) is 0 Å². The molecule has 0 atom stereocenters. The summed E-state index contributed by atoms with van der Waals surface area (Å²) >= 11 is 0. The minimum atomic E-state index is 0.668. The topological polar surface area (TPSA) is 43.6 Å². The molecule has 176 valence electrons. The largest absolute Gasteiger partial charge is 0.313 e. The van der Waals surface area contributed by atoms with Crippen LogP contribution in [0, 0.1) is 0 Å². The Hall–Kier alpha value is -4.83. The van der Waals surface area contributed by atoms with Gasteiger partial charge in [-0.2, -0.15) is 0 Å². The first-order valence-electron chi connectivity index (χ1n) is 12.6. The molecule has 0 spiro atoms. The van der Waals surface area contributed by atoms with Gasteiger partial charge in [-0.25, -0.2) is 15.0 Å². The number of fused-ring (bicyclic) bond motifs is 3. The molecular weight excluding hydrogens is 452 g/mol. The Labute approximate surface area is 215 Å². The van der Waals surface area contributed by atoms with Crippen LogP contribution in [-0.4, -0.2) is 19.5 Å². The third-order valence-corrected chi connectivity index (χ3v) is 6.93. The van der Waals surface area contributed by atoms with Crippen LogP contribution in [0.1, 0.15) is 17.7 Å². The van der Waals surface area contributed by atoms with Gasteiger partial charge < -0.3 is 4.57 Å². The van der Waals surface area contributed by atoms with Gasteiger partial charge in [-0.15, -0.1) is 0 Å². The van der Waals surface area contributed by atoms with Crippen molar-refractivity contribution in [2.45, 2.75) is 12.8 Å². The Morgan fingerprint density at radius 3 is 1.70 bits per heavy atom. The number of rotatable bonds is 4. The van der Waals surface area contributed by atoms with Crippen LogP contribution in [-0.2, 0) is 6.42 Å². The molecule has 0 saturated heterocycles. The Kier molecular flexibility index (Phi) is 5.21. The second-order valence-electron chi connectivity index (χ2n) is 9.24. The Balaban J connectivity index is 1.35. The quantitative estimate of drug-likeness (QED) is 0.261. The van der Waals surface area contributed by atoms with Crippen molar-refractivity contribution in [3.05, 3.63) is 127 Å². The molecule has 6 aromatic rings. The molecule has 4 heteroatoms. The molecular formula is C33H24N4. The highest BCUT2D eigenvalue weighted by molar-refractivity contribution is 5.93. The first-order chi connectivity index (χ1) is 18.3. The first kappa shape index (κ1) is 21.5. The van der Waals surface area contributed by atoms with Gasteiger partial charge >= 0.3 is 0 Å². The van der Waals surface area contributed by atoms with E-state index in [0.717, 1.165) is 35.2 Å². The van der Waals surface area contributed by atoms with Crippen LogP contribution >= 0.6 is 0 Å². The monoisotopic (exact) mass is 476 g/mol. The van der Waals surface area contributed by atoms with Crippen LogP contribution in [0.15, 0.2) is 115 Å². The fourth-order valence-corrected chi connectivity index (χ4v) is 5.16. The first-order valence-corrected chi connectivity index (χ1v) is 12.6. The van der Waals surface area contributed by atoms with E-state index in [4.69, 9.17) is 15.0 Å². The zero-order valence-corrected chi connectivity index (χ0v) is 20.3. The molecule has 37 heavy (non-hydrogen) atoms. The summed E-state index contributed by atoms with van der Waals surface area (Å²) in [5.74, 6) is 2.01. The highest BCUT2D eigenvalue weighted by Gasteiger charge is 2.18. The van der Waals surface area contributed by atoms with Crippen molar-refractivity contribution in [2.24, 2.45) is 0 Å². The Morgan fingerprint density at radius 1 is 0.541 bits per heavy atom. The standard InChI is InChI=1S/C33H24N4/c1-3-11-23(12-4-1)31-34-32(24-13-5-2-6-14-24)36-33(35-31)25-19-21-26(22-20-25)37-29-17-9-7-15-27(29)28-16-8-10-18-30(28)37/h1-9,11-17,19-22H,10,18H2. The van der Waals surface area contributed by atoms with Crippen molar-refractivity contribution < 1.29 is 0 Å². The Bertz CT molecular complexity index is 1690. The predicted molar refractivity (Wildman–Crippen MR) is 150 cm³/mol. The van der Waals surface area contributed by atoms with E-state index < -0.39 is 0 Å². The molecule has 2 aromatic heterocycles. The molecule has 0 bridgehead atoms. The smallest absolute Gasteiger partial charge is 0.164 e. The zero-order chi connectivity index (χ0) is 24.6. The van der Waals surface area contributed by atoms with Crippen LogP contribution < -0.4 is 0 Å². The molecule has 1 aliphatic rings. The summed E-state index contributed by atoms with van der Waals surface area (Å²) in [5, 5.41) is 1.30. The summed E-state index contributed by atoms with van der Waals surface area (Å²) in [4.78, 5) is 14.6. The van der Waals surface area contributed by atoms with Gasteiger partial charge in [0.15, 0.2) is 17.5 Å². The summed E-state index contributed by atoms with van der Waals surface area (Å²) in [6.07, 6.45) is 6.65. The molecule has 2 heterocycles. The molecule has 4 aromatic carbocycles. The highest BCUT2D eigenvalue weighted by atomic mass is 15.0. The summed E-state index contributed by atoms with van der Waals surface area (Å²) in [5.41, 5.74) is 8.00. The third kappa shape index (κ3) is 3.83. The fraction of sp³-hybridized carbons (Fsp3) is 0.0606. The molecule has 0 N–H and O–H groups in total. The van der Waals surface area contributed by atoms with Gasteiger partial charge in [0, 0.05) is 39.0 Å². The Morgan fingerprint density at radius 2 is 1.08 bits per heavy atom. The van der Waals surface area contributed by atoms with Gasteiger partial charge in [-0.3, -0.25) is 0 Å². The van der Waals surface area contributed by atoms with Crippen LogP contribution in [0.2, 0.25) is 0 Å². The lowest BCUT2D eigenvalue weighted by atomic mass is 10.0. The normalized spacial score (nSPS) is 12.5. The van der Waals surface area contributed by atoms with Gasteiger partial charge in [0.2, 0.25) is 0 Å². The van der Waals surface area contributed by atoms with Crippen LogP contribution in [0.25, 0.3) is 56.8 Å². The minimum absolute atomic E-state index is 0.668. The van der Waals surface area contributed by atoms with Gasteiger partial charge in [-0.1, -0.05) is 91.0 Å². The van der Waals surface area contributed by atoms with Gasteiger partial charge in [0.25, 0.3) is 0 Å². The van der Waals surface area contributed by atoms with Crippen molar-refractivity contribution in [1.82, 2.24) is 19.5 Å². The van der Waals surface area contributed by atoms with Crippen molar-refractivity contribution in [1.29, 1.82) is 0 Å². The second kappa shape index (κ2) is 8.99. The molecule has 0 unspecified atom stereocenters. The van der Waals surface area contributed by atoms with E-state index in [1.54, 1.807) is 0 Å². The van der Waals surface area contributed by atoms with E-state index >= 15 is 0 Å². The van der Waals surface area contributed by atoms with Crippen LogP contribution in [0.3, 0.4) is 0 Å². The summed E-state index contributed by atoms with van der Waals surface area (Å²) in [6.45, 7) is 0. The molecule has 0 amide bonds. The fourth-order valence-electron chi connectivity index (χ4n) is 5.16. The average Bonchev–Trinajstić information content (AvgIpc) is 3.32. The maximum absolute atomic E-state index is 4.87. The molecule has 4 nitrogen and oxygen atoms in total. The minimum Gasteiger partial charge on any atom is -0.313 e. The van der Waals surface area contributed by atoms with E-state index in [9.17, 15) is 0 Å². The number of aromatic nitrogens is 4. The van der Waals surface area contributed by atoms with Crippen molar-refractivity contribution in [3.8, 4) is 39.9 Å². The SMILES string of the molecule is C1=Cc2c(n(-c3ccc(-c4nc(-c5ccccc5)nc(-c5ccccc5)n4)cc3)c3ccccc23)CC1. The zero-order valence-electron chi connectivity index (χ0n) is 20.3. The molecule has 7 rings (SSSR count). The molecule has 0 saturated carbocycles. The number of hydrogen-bond donors (Lipinski definition) is 0. The third-order valence-electron chi connectivity index (χ3n) is 6.93. The lowest BCUT2D eigenvalue weighted by molar-refractivity contribution is 0.888. The van der Waals surface area contributed by atoms with E-state index in [1.807, 2.05) is 60.7 Å². The number of para-hydroxylation sites is 1. The summed E-state index contributed by atoms with van der Waals surface area (Å²) in [6, 6.07) is 37.4. The number of hydrogen-bond acceptors (Lipinski definition) is 3. The molecule has 0 aliphatic heterocycles. The molecule has 1 aliphatic carbocycles. The second-order valence-corrected chi connectivity index (χ2v) is 9.24. The predicted octanol–water partition coefficient (Wildman–Crippen LogP) is 7.78. The number of allylic oxidation sites excluding steroid dienone is 1. The number of benzene rings is 4. The molecule has 0 fully saturated rings. The van der Waals surface area contributed by atoms with Crippen molar-refractivity contribution in [3.63, 3.8) is 0 Å². The van der Waals surface area contributed by atoms with E-state index in [2.05, 4.69) is 65.3 Å². The maximum Gasteiger partial charge on any atom is 0.164 e. The average molecular weight is 477 g/mol. The van der Waals surface area contributed by atoms with Gasteiger partial charge in [0.1, 0.15) is 0 Å². The maximum atomic E-state index is 4.87. The number of nitrogens with zero attached hydrogens (tertiary/aromatic N) is 4. The summed E-state index contributed by atoms with van der Waals surface area (Å²) in [7, 11) is 0.